The lowest BCUT2D eigenvalue weighted by Gasteiger charge is -2.16. The Labute approximate surface area is 185 Å². The molecule has 7 rings (SSSR count). The number of rotatable bonds is 2. The van der Waals surface area contributed by atoms with Crippen molar-refractivity contribution in [1.29, 1.82) is 0 Å². The largest absolute Gasteiger partial charge is 0.493 e. The molecule has 4 aromatic carbocycles. The van der Waals surface area contributed by atoms with Crippen LogP contribution in [0.3, 0.4) is 0 Å². The number of hydrogen-bond acceptors (Lipinski definition) is 2. The van der Waals surface area contributed by atoms with Gasteiger partial charge in [0, 0.05) is 52.0 Å². The van der Waals surface area contributed by atoms with Gasteiger partial charge in [-0.15, -0.1) is 0 Å². The molecule has 0 unspecified atom stereocenters. The topological polar surface area (TPSA) is 26.2 Å². The molecule has 2 aliphatic heterocycles. The lowest BCUT2D eigenvalue weighted by molar-refractivity contribution is 0.357. The van der Waals surface area contributed by atoms with Crippen LogP contribution in [-0.2, 0) is 6.42 Å². The van der Waals surface area contributed by atoms with Gasteiger partial charge >= 0.3 is 0 Å². The minimum absolute atomic E-state index is 0.774. The fourth-order valence-corrected chi connectivity index (χ4v) is 5.24. The molecule has 0 fully saturated rings. The monoisotopic (exact) mass is 414 g/mol. The SMILES string of the molecule is C1=c2ccccc2=C(c2cccc(-n3c4ccccc4c4cc5c(cc43)OCC5)c2)NC1. The normalized spacial score (nSPS) is 14.6. The Morgan fingerprint density at radius 3 is 2.69 bits per heavy atom. The molecule has 32 heavy (non-hydrogen) atoms. The third-order valence-electron chi connectivity index (χ3n) is 6.71. The van der Waals surface area contributed by atoms with Crippen molar-refractivity contribution in [3.05, 3.63) is 106 Å². The second-order valence-corrected chi connectivity index (χ2v) is 8.53. The van der Waals surface area contributed by atoms with Gasteiger partial charge in [0.2, 0.25) is 0 Å². The zero-order chi connectivity index (χ0) is 21.1. The summed E-state index contributed by atoms with van der Waals surface area (Å²) >= 11 is 0. The van der Waals surface area contributed by atoms with E-state index in [1.807, 2.05) is 0 Å². The summed E-state index contributed by atoms with van der Waals surface area (Å²) in [6, 6.07) is 30.7. The molecular formula is C29H22N2O. The highest BCUT2D eigenvalue weighted by atomic mass is 16.5. The van der Waals surface area contributed by atoms with Gasteiger partial charge in [-0.25, -0.2) is 0 Å². The summed E-state index contributed by atoms with van der Waals surface area (Å²) in [6.45, 7) is 1.62. The van der Waals surface area contributed by atoms with E-state index in [0.29, 0.717) is 0 Å². The van der Waals surface area contributed by atoms with E-state index < -0.39 is 0 Å². The van der Waals surface area contributed by atoms with Crippen LogP contribution in [-0.4, -0.2) is 17.7 Å². The molecule has 3 heterocycles. The smallest absolute Gasteiger partial charge is 0.124 e. The highest BCUT2D eigenvalue weighted by molar-refractivity contribution is 6.10. The second kappa shape index (κ2) is 6.76. The van der Waals surface area contributed by atoms with Gasteiger partial charge in [-0.3, -0.25) is 0 Å². The molecule has 0 radical (unpaired) electrons. The van der Waals surface area contributed by atoms with E-state index in [2.05, 4.69) is 101 Å². The average Bonchev–Trinajstić information content (AvgIpc) is 3.44. The van der Waals surface area contributed by atoms with Crippen LogP contribution in [0.1, 0.15) is 11.1 Å². The average molecular weight is 415 g/mol. The number of nitrogens with one attached hydrogen (secondary N) is 1. The van der Waals surface area contributed by atoms with Gasteiger partial charge in [0.1, 0.15) is 5.75 Å². The van der Waals surface area contributed by atoms with Crippen LogP contribution in [0.15, 0.2) is 84.9 Å². The van der Waals surface area contributed by atoms with Crippen molar-refractivity contribution >= 4 is 33.6 Å². The maximum Gasteiger partial charge on any atom is 0.124 e. The lowest BCUT2D eigenvalue weighted by atomic mass is 10.0. The highest BCUT2D eigenvalue weighted by Crippen LogP contribution is 2.38. The van der Waals surface area contributed by atoms with E-state index in [-0.39, 0.29) is 0 Å². The van der Waals surface area contributed by atoms with Crippen molar-refractivity contribution < 1.29 is 4.74 Å². The highest BCUT2D eigenvalue weighted by Gasteiger charge is 2.19. The quantitative estimate of drug-likeness (QED) is 0.467. The van der Waals surface area contributed by atoms with Gasteiger partial charge in [0.25, 0.3) is 0 Å². The van der Waals surface area contributed by atoms with E-state index in [4.69, 9.17) is 4.74 Å². The van der Waals surface area contributed by atoms with Crippen LogP contribution in [0.4, 0.5) is 0 Å². The molecule has 1 aromatic heterocycles. The van der Waals surface area contributed by atoms with Crippen molar-refractivity contribution in [3.63, 3.8) is 0 Å². The Balaban J connectivity index is 1.52. The summed E-state index contributed by atoms with van der Waals surface area (Å²) in [6.07, 6.45) is 3.23. The molecule has 154 valence electrons. The van der Waals surface area contributed by atoms with E-state index in [1.165, 1.54) is 49.1 Å². The van der Waals surface area contributed by atoms with Crippen LogP contribution in [0.5, 0.6) is 5.75 Å². The van der Waals surface area contributed by atoms with Crippen LogP contribution >= 0.6 is 0 Å². The van der Waals surface area contributed by atoms with Crippen molar-refractivity contribution in [3.8, 4) is 11.4 Å². The van der Waals surface area contributed by atoms with Crippen LogP contribution in [0.25, 0.3) is 39.3 Å². The molecule has 0 saturated heterocycles. The number of aromatic nitrogens is 1. The maximum absolute atomic E-state index is 5.92. The molecule has 0 spiro atoms. The first-order valence-electron chi connectivity index (χ1n) is 11.2. The maximum atomic E-state index is 5.92. The Bertz CT molecular complexity index is 1660. The number of nitrogens with zero attached hydrogens (tertiary/aromatic N) is 1. The molecule has 0 amide bonds. The van der Waals surface area contributed by atoms with E-state index in [9.17, 15) is 0 Å². The molecule has 3 nitrogen and oxygen atoms in total. The third kappa shape index (κ3) is 2.54. The molecule has 0 bridgehead atoms. The van der Waals surface area contributed by atoms with Gasteiger partial charge in [0.15, 0.2) is 0 Å². The summed E-state index contributed by atoms with van der Waals surface area (Å²) < 4.78 is 8.29. The van der Waals surface area contributed by atoms with Gasteiger partial charge in [0.05, 0.1) is 17.6 Å². The first kappa shape index (κ1) is 17.7. The predicted octanol–water partition coefficient (Wildman–Crippen LogP) is 4.26. The van der Waals surface area contributed by atoms with Crippen molar-refractivity contribution in [2.75, 3.05) is 13.2 Å². The van der Waals surface area contributed by atoms with Crippen LogP contribution in [0, 0.1) is 0 Å². The molecule has 0 atom stereocenters. The molecular weight excluding hydrogens is 392 g/mol. The number of benzene rings is 4. The van der Waals surface area contributed by atoms with Gasteiger partial charge in [-0.05, 0) is 35.0 Å². The number of fused-ring (bicyclic) bond motifs is 5. The molecule has 2 aliphatic rings. The molecule has 0 aliphatic carbocycles. The second-order valence-electron chi connectivity index (χ2n) is 8.53. The van der Waals surface area contributed by atoms with Gasteiger partial charge < -0.3 is 14.6 Å². The van der Waals surface area contributed by atoms with Crippen LogP contribution < -0.4 is 20.5 Å². The Morgan fingerprint density at radius 2 is 1.69 bits per heavy atom. The van der Waals surface area contributed by atoms with E-state index in [0.717, 1.165) is 31.0 Å². The number of para-hydroxylation sites is 1. The summed E-state index contributed by atoms with van der Waals surface area (Å²) in [5, 5.41) is 8.72. The lowest BCUT2D eigenvalue weighted by Crippen LogP contribution is -2.37. The fourth-order valence-electron chi connectivity index (χ4n) is 5.24. The predicted molar refractivity (Wildman–Crippen MR) is 131 cm³/mol. The fraction of sp³-hybridized carbons (Fsp3) is 0.103. The van der Waals surface area contributed by atoms with Crippen molar-refractivity contribution in [2.24, 2.45) is 0 Å². The summed E-state index contributed by atoms with van der Waals surface area (Å²) in [4.78, 5) is 0. The summed E-state index contributed by atoms with van der Waals surface area (Å²) in [5.74, 6) is 1.02. The zero-order valence-corrected chi connectivity index (χ0v) is 17.6. The van der Waals surface area contributed by atoms with Gasteiger partial charge in [-0.2, -0.15) is 0 Å². The summed E-state index contributed by atoms with van der Waals surface area (Å²) in [7, 11) is 0. The number of ether oxygens (including phenoxy) is 1. The van der Waals surface area contributed by atoms with Crippen LogP contribution in [0.2, 0.25) is 0 Å². The Morgan fingerprint density at radius 1 is 0.781 bits per heavy atom. The van der Waals surface area contributed by atoms with E-state index >= 15 is 0 Å². The first-order chi connectivity index (χ1) is 15.9. The Kier molecular flexibility index (Phi) is 3.73. The standard InChI is InChI=1S/C29H22N2O/c1-2-9-23-19(6-1)12-14-30-29(23)21-7-5-8-22(16-21)31-26-11-4-3-10-24(26)25-17-20-13-15-32-28(20)18-27(25)31/h1-12,16-18,30H,13-15H2. The summed E-state index contributed by atoms with van der Waals surface area (Å²) in [5.41, 5.74) is 7.27. The molecule has 0 saturated carbocycles. The first-order valence-corrected chi connectivity index (χ1v) is 11.2. The van der Waals surface area contributed by atoms with Crippen molar-refractivity contribution in [2.45, 2.75) is 6.42 Å². The molecule has 3 heteroatoms. The third-order valence-corrected chi connectivity index (χ3v) is 6.71. The molecule has 5 aromatic rings. The zero-order valence-electron chi connectivity index (χ0n) is 17.6. The molecule has 1 N–H and O–H groups in total. The van der Waals surface area contributed by atoms with Gasteiger partial charge in [-0.1, -0.05) is 60.7 Å². The van der Waals surface area contributed by atoms with Crippen molar-refractivity contribution in [1.82, 2.24) is 9.88 Å². The minimum atomic E-state index is 0.774. The minimum Gasteiger partial charge on any atom is -0.493 e. The number of hydrogen-bond donors (Lipinski definition) is 1. The van der Waals surface area contributed by atoms with E-state index in [1.54, 1.807) is 0 Å². The Hall–Kier alpha value is -3.98.